The molecular formula is C23H25FN2O2. The van der Waals surface area contributed by atoms with Gasteiger partial charge in [-0.2, -0.15) is 0 Å². The Balaban J connectivity index is 1.62. The first-order valence-corrected chi connectivity index (χ1v) is 9.80. The van der Waals surface area contributed by atoms with Crippen LogP contribution in [0.15, 0.2) is 48.5 Å². The number of morpholine rings is 1. The molecule has 0 unspecified atom stereocenters. The molecule has 2 atom stereocenters. The summed E-state index contributed by atoms with van der Waals surface area (Å²) in [6, 6.07) is 14.7. The molecule has 0 saturated carbocycles. The van der Waals surface area contributed by atoms with Crippen molar-refractivity contribution >= 4 is 16.8 Å². The van der Waals surface area contributed by atoms with Crippen molar-refractivity contribution < 1.29 is 13.9 Å². The van der Waals surface area contributed by atoms with Gasteiger partial charge in [-0.15, -0.1) is 0 Å². The van der Waals surface area contributed by atoms with Crippen molar-refractivity contribution in [1.82, 2.24) is 9.88 Å². The van der Waals surface area contributed by atoms with Gasteiger partial charge >= 0.3 is 0 Å². The highest BCUT2D eigenvalue weighted by molar-refractivity contribution is 5.91. The molecule has 0 spiro atoms. The van der Waals surface area contributed by atoms with E-state index < -0.39 is 0 Å². The third-order valence-corrected chi connectivity index (χ3v) is 5.29. The van der Waals surface area contributed by atoms with Crippen LogP contribution in [0, 0.1) is 5.82 Å². The largest absolute Gasteiger partial charge is 0.372 e. The van der Waals surface area contributed by atoms with Crippen LogP contribution in [0.4, 0.5) is 4.39 Å². The normalized spacial score (nSPS) is 19.9. The van der Waals surface area contributed by atoms with Crippen LogP contribution in [-0.2, 0) is 16.0 Å². The molecule has 0 bridgehead atoms. The summed E-state index contributed by atoms with van der Waals surface area (Å²) < 4.78 is 19.6. The lowest BCUT2D eigenvalue weighted by atomic mass is 10.0. The molecule has 1 saturated heterocycles. The molecule has 4 nitrogen and oxygen atoms in total. The summed E-state index contributed by atoms with van der Waals surface area (Å²) in [7, 11) is 0. The molecule has 1 aliphatic heterocycles. The zero-order valence-electron chi connectivity index (χ0n) is 16.2. The minimum Gasteiger partial charge on any atom is -0.372 e. The minimum atomic E-state index is -0.269. The number of ether oxygens (including phenoxy) is 1. The number of amides is 1. The van der Waals surface area contributed by atoms with Gasteiger partial charge in [0.15, 0.2) is 0 Å². The Morgan fingerprint density at radius 3 is 2.57 bits per heavy atom. The van der Waals surface area contributed by atoms with Gasteiger partial charge in [0.25, 0.3) is 0 Å². The van der Waals surface area contributed by atoms with Crippen LogP contribution in [-0.4, -0.2) is 41.1 Å². The van der Waals surface area contributed by atoms with Gasteiger partial charge in [0, 0.05) is 36.1 Å². The van der Waals surface area contributed by atoms with Gasteiger partial charge in [0.1, 0.15) is 5.82 Å². The number of carbonyl (C=O) groups excluding carboxylic acids is 1. The molecule has 0 radical (unpaired) electrons. The molecule has 2 heterocycles. The minimum absolute atomic E-state index is 0.0507. The Bertz CT molecular complexity index is 973. The van der Waals surface area contributed by atoms with E-state index in [1.54, 1.807) is 12.1 Å². The third-order valence-electron chi connectivity index (χ3n) is 5.29. The van der Waals surface area contributed by atoms with Crippen LogP contribution in [0.2, 0.25) is 0 Å². The predicted octanol–water partition coefficient (Wildman–Crippen LogP) is 4.54. The van der Waals surface area contributed by atoms with Crippen LogP contribution < -0.4 is 0 Å². The standard InChI is InChI=1S/C23H25FN2O2/c1-15-13-26(14-16(2)28-15)22(27)11-9-19-20-12-18(24)8-10-21(20)25-23(19)17-6-4-3-5-7-17/h3-8,10,12,15-16,25H,9,11,13-14H2,1-2H3/t15-,16+. The van der Waals surface area contributed by atoms with E-state index >= 15 is 0 Å². The van der Waals surface area contributed by atoms with Crippen LogP contribution in [0.1, 0.15) is 25.8 Å². The van der Waals surface area contributed by atoms with E-state index in [1.165, 1.54) is 6.07 Å². The van der Waals surface area contributed by atoms with E-state index in [9.17, 15) is 9.18 Å². The smallest absolute Gasteiger partial charge is 0.223 e. The van der Waals surface area contributed by atoms with Crippen molar-refractivity contribution in [3.63, 3.8) is 0 Å². The fraction of sp³-hybridized carbons (Fsp3) is 0.348. The molecular weight excluding hydrogens is 355 g/mol. The molecule has 1 aromatic heterocycles. The van der Waals surface area contributed by atoms with Gasteiger partial charge in [0.2, 0.25) is 5.91 Å². The fourth-order valence-corrected chi connectivity index (χ4v) is 4.10. The van der Waals surface area contributed by atoms with E-state index in [2.05, 4.69) is 4.98 Å². The summed E-state index contributed by atoms with van der Waals surface area (Å²) >= 11 is 0. The number of nitrogens with one attached hydrogen (secondary N) is 1. The lowest BCUT2D eigenvalue weighted by Crippen LogP contribution is -2.48. The second-order valence-corrected chi connectivity index (χ2v) is 7.59. The highest BCUT2D eigenvalue weighted by atomic mass is 19.1. The number of fused-ring (bicyclic) bond motifs is 1. The van der Waals surface area contributed by atoms with Crippen LogP contribution in [0.5, 0.6) is 0 Å². The Kier molecular flexibility index (Phi) is 5.18. The first-order valence-electron chi connectivity index (χ1n) is 9.80. The van der Waals surface area contributed by atoms with Crippen LogP contribution in [0.25, 0.3) is 22.2 Å². The summed E-state index contributed by atoms with van der Waals surface area (Å²) in [6.07, 6.45) is 1.06. The Labute approximate surface area is 164 Å². The van der Waals surface area contributed by atoms with Crippen molar-refractivity contribution in [1.29, 1.82) is 0 Å². The zero-order chi connectivity index (χ0) is 19.7. The molecule has 146 valence electrons. The number of benzene rings is 2. The average molecular weight is 380 g/mol. The van der Waals surface area contributed by atoms with E-state index in [1.807, 2.05) is 49.1 Å². The van der Waals surface area contributed by atoms with Crippen molar-refractivity contribution in [2.75, 3.05) is 13.1 Å². The molecule has 0 aliphatic carbocycles. The van der Waals surface area contributed by atoms with Crippen LogP contribution >= 0.6 is 0 Å². The summed E-state index contributed by atoms with van der Waals surface area (Å²) in [5.41, 5.74) is 3.87. The van der Waals surface area contributed by atoms with Gasteiger partial charge in [-0.25, -0.2) is 4.39 Å². The fourth-order valence-electron chi connectivity index (χ4n) is 4.10. The van der Waals surface area contributed by atoms with Gasteiger partial charge in [0.05, 0.1) is 12.2 Å². The molecule has 1 N–H and O–H groups in total. The average Bonchev–Trinajstić information content (AvgIpc) is 3.03. The quantitative estimate of drug-likeness (QED) is 0.722. The maximum atomic E-state index is 13.9. The molecule has 1 fully saturated rings. The second-order valence-electron chi connectivity index (χ2n) is 7.59. The molecule has 5 heteroatoms. The monoisotopic (exact) mass is 380 g/mol. The number of H-pyrrole nitrogens is 1. The Morgan fingerprint density at radius 1 is 1.14 bits per heavy atom. The number of hydrogen-bond acceptors (Lipinski definition) is 2. The molecule has 1 aliphatic rings. The number of halogens is 1. The third kappa shape index (κ3) is 3.80. The molecule has 28 heavy (non-hydrogen) atoms. The number of aromatic amines is 1. The van der Waals surface area contributed by atoms with Gasteiger partial charge in [-0.1, -0.05) is 30.3 Å². The van der Waals surface area contributed by atoms with Crippen LogP contribution in [0.3, 0.4) is 0 Å². The number of nitrogens with zero attached hydrogens (tertiary/aromatic N) is 1. The number of aromatic nitrogens is 1. The van der Waals surface area contributed by atoms with Crippen molar-refractivity contribution in [2.24, 2.45) is 0 Å². The Morgan fingerprint density at radius 2 is 1.86 bits per heavy atom. The number of aryl methyl sites for hydroxylation is 1. The number of hydrogen-bond donors (Lipinski definition) is 1. The number of rotatable bonds is 4. The summed E-state index contributed by atoms with van der Waals surface area (Å²) in [4.78, 5) is 18.1. The molecule has 4 rings (SSSR count). The molecule has 2 aromatic carbocycles. The van der Waals surface area contributed by atoms with E-state index in [4.69, 9.17) is 4.74 Å². The van der Waals surface area contributed by atoms with E-state index in [0.29, 0.717) is 25.9 Å². The summed E-state index contributed by atoms with van der Waals surface area (Å²) in [6.45, 7) is 5.23. The highest BCUT2D eigenvalue weighted by Crippen LogP contribution is 2.32. The van der Waals surface area contributed by atoms with Crippen molar-refractivity contribution in [3.8, 4) is 11.3 Å². The molecule has 1 amide bonds. The lowest BCUT2D eigenvalue weighted by molar-refractivity contribution is -0.143. The van der Waals surface area contributed by atoms with Gasteiger partial charge in [-0.3, -0.25) is 4.79 Å². The van der Waals surface area contributed by atoms with E-state index in [-0.39, 0.29) is 23.9 Å². The van der Waals surface area contributed by atoms with E-state index in [0.717, 1.165) is 27.7 Å². The maximum absolute atomic E-state index is 13.9. The highest BCUT2D eigenvalue weighted by Gasteiger charge is 2.26. The molecule has 3 aromatic rings. The summed E-state index contributed by atoms with van der Waals surface area (Å²) in [5.74, 6) is -0.152. The number of carbonyl (C=O) groups is 1. The summed E-state index contributed by atoms with van der Waals surface area (Å²) in [5, 5.41) is 0.843. The van der Waals surface area contributed by atoms with Crippen molar-refractivity contribution in [2.45, 2.75) is 38.9 Å². The lowest BCUT2D eigenvalue weighted by Gasteiger charge is -2.35. The zero-order valence-corrected chi connectivity index (χ0v) is 16.2. The Hall–Kier alpha value is -2.66. The first-order chi connectivity index (χ1) is 13.5. The van der Waals surface area contributed by atoms with Gasteiger partial charge in [-0.05, 0) is 49.6 Å². The topological polar surface area (TPSA) is 45.3 Å². The second kappa shape index (κ2) is 7.76. The van der Waals surface area contributed by atoms with Gasteiger partial charge < -0.3 is 14.6 Å². The van der Waals surface area contributed by atoms with Crippen molar-refractivity contribution in [3.05, 3.63) is 59.9 Å². The first kappa shape index (κ1) is 18.7. The SMILES string of the molecule is C[C@@H]1CN(C(=O)CCc2c(-c3ccccc3)[nH]c3ccc(F)cc23)C[C@H](C)O1. The maximum Gasteiger partial charge on any atom is 0.223 e. The predicted molar refractivity (Wildman–Crippen MR) is 109 cm³/mol.